The molecular weight excluding hydrogens is 484 g/mol. The van der Waals surface area contributed by atoms with Crippen molar-refractivity contribution in [1.29, 1.82) is 0 Å². The van der Waals surface area contributed by atoms with Crippen molar-refractivity contribution >= 4 is 34.1 Å². The van der Waals surface area contributed by atoms with Crippen molar-refractivity contribution in [3.05, 3.63) is 58.6 Å². The summed E-state index contributed by atoms with van der Waals surface area (Å²) < 4.78 is 7.69. The van der Waals surface area contributed by atoms with Crippen LogP contribution >= 0.6 is 0 Å². The fourth-order valence-electron chi connectivity index (χ4n) is 6.13. The van der Waals surface area contributed by atoms with Gasteiger partial charge in [0.1, 0.15) is 17.6 Å². The number of nitrogen functional groups attached to an aromatic ring is 1. The van der Waals surface area contributed by atoms with Crippen molar-refractivity contribution in [2.45, 2.75) is 45.2 Å². The topological polar surface area (TPSA) is 132 Å². The Morgan fingerprint density at radius 3 is 2.68 bits per heavy atom. The summed E-state index contributed by atoms with van der Waals surface area (Å²) in [5, 5.41) is 8.13. The van der Waals surface area contributed by atoms with E-state index in [2.05, 4.69) is 15.6 Å². The molecule has 3 aliphatic rings. The number of hydrogen-bond donors (Lipinski definition) is 3. The Labute approximate surface area is 221 Å². The van der Waals surface area contributed by atoms with Gasteiger partial charge in [-0.3, -0.25) is 14.4 Å². The monoisotopic (exact) mass is 518 g/mol. The van der Waals surface area contributed by atoms with Gasteiger partial charge >= 0.3 is 0 Å². The number of nitrogens with one attached hydrogen (secondary N) is 2. The Balaban J connectivity index is 1.37. The summed E-state index contributed by atoms with van der Waals surface area (Å²) in [7, 11) is 1.73. The third kappa shape index (κ3) is 4.44. The highest BCUT2D eigenvalue weighted by atomic mass is 16.5. The fourth-order valence-corrected chi connectivity index (χ4v) is 6.13. The lowest BCUT2D eigenvalue weighted by Gasteiger charge is -2.48. The van der Waals surface area contributed by atoms with Gasteiger partial charge in [-0.15, -0.1) is 0 Å². The maximum atomic E-state index is 13.5. The van der Waals surface area contributed by atoms with Gasteiger partial charge in [0.25, 0.3) is 5.56 Å². The van der Waals surface area contributed by atoms with Crippen LogP contribution in [0.5, 0.6) is 5.75 Å². The summed E-state index contributed by atoms with van der Waals surface area (Å²) in [6.07, 6.45) is 3.19. The quantitative estimate of drug-likeness (QED) is 0.417. The number of benzene rings is 1. The summed E-state index contributed by atoms with van der Waals surface area (Å²) in [5.41, 5.74) is 7.04. The number of rotatable bonds is 8. The number of hydrogen-bond acceptors (Lipinski definition) is 7. The molecule has 4 N–H and O–H groups in total. The van der Waals surface area contributed by atoms with E-state index in [0.29, 0.717) is 31.3 Å². The standard InChI is InChI=1S/C28H34N6O4/c1-17-10-20(11-24(36)33(17)4)38-16-27-12-28(13-27,34(15-27)26(37)18(2)32-19(3)35)14-31-23-7-5-6-22-21(23)8-9-30-25(22)29/h5-11,18,31H,12-16H2,1-4H3,(H2,29,30)(H,32,35). The first-order chi connectivity index (χ1) is 18.0. The molecule has 2 saturated heterocycles. The highest BCUT2D eigenvalue weighted by Crippen LogP contribution is 2.59. The molecule has 6 rings (SSSR count). The number of amides is 2. The van der Waals surface area contributed by atoms with E-state index in [1.807, 2.05) is 42.2 Å². The van der Waals surface area contributed by atoms with Gasteiger partial charge in [-0.1, -0.05) is 12.1 Å². The predicted molar refractivity (Wildman–Crippen MR) is 146 cm³/mol. The Hall–Kier alpha value is -4.08. The molecule has 3 fully saturated rings. The number of pyridine rings is 2. The lowest BCUT2D eigenvalue weighted by atomic mass is 9.62. The number of ether oxygens (including phenoxy) is 1. The number of anilines is 2. The van der Waals surface area contributed by atoms with Crippen molar-refractivity contribution in [1.82, 2.24) is 19.8 Å². The zero-order valence-electron chi connectivity index (χ0n) is 22.2. The Bertz CT molecular complexity index is 1480. The summed E-state index contributed by atoms with van der Waals surface area (Å²) in [4.78, 5) is 43.5. The first-order valence-corrected chi connectivity index (χ1v) is 12.8. The van der Waals surface area contributed by atoms with Gasteiger partial charge in [-0.2, -0.15) is 0 Å². The smallest absolute Gasteiger partial charge is 0.254 e. The molecule has 10 nitrogen and oxygen atoms in total. The van der Waals surface area contributed by atoms with E-state index in [0.717, 1.165) is 35.0 Å². The van der Waals surface area contributed by atoms with Gasteiger partial charge in [0.05, 0.1) is 12.1 Å². The summed E-state index contributed by atoms with van der Waals surface area (Å²) in [5.74, 6) is 0.647. The molecule has 10 heteroatoms. The van der Waals surface area contributed by atoms with Crippen LogP contribution in [0.1, 0.15) is 32.4 Å². The van der Waals surface area contributed by atoms with Crippen LogP contribution in [0.25, 0.3) is 10.8 Å². The van der Waals surface area contributed by atoms with Crippen LogP contribution in [0.2, 0.25) is 0 Å². The highest BCUT2D eigenvalue weighted by Gasteiger charge is 2.67. The number of fused-ring (bicyclic) bond motifs is 2. The molecule has 3 aromatic rings. The lowest BCUT2D eigenvalue weighted by Crippen LogP contribution is -2.59. The Morgan fingerprint density at radius 2 is 1.97 bits per heavy atom. The third-order valence-electron chi connectivity index (χ3n) is 8.00. The first kappa shape index (κ1) is 25.6. The van der Waals surface area contributed by atoms with Crippen molar-refractivity contribution in [3.8, 4) is 5.75 Å². The Kier molecular flexibility index (Phi) is 6.28. The van der Waals surface area contributed by atoms with E-state index < -0.39 is 11.6 Å². The van der Waals surface area contributed by atoms with Gasteiger partial charge in [-0.05, 0) is 44.9 Å². The number of carbonyl (C=O) groups excluding carboxylic acids is 2. The molecule has 1 saturated carbocycles. The minimum atomic E-state index is -0.634. The number of nitrogens with two attached hydrogens (primary N) is 1. The zero-order chi connectivity index (χ0) is 27.2. The Morgan fingerprint density at radius 1 is 1.21 bits per heavy atom. The zero-order valence-corrected chi connectivity index (χ0v) is 22.2. The summed E-state index contributed by atoms with van der Waals surface area (Å²) in [6.45, 7) is 6.45. The SMILES string of the molecule is CC(=O)NC(C)C(=O)N1CC2(COc3cc(C)n(C)c(=O)c3)CC1(CNc1cccc3c(N)nccc13)C2. The van der Waals surface area contributed by atoms with Crippen molar-refractivity contribution < 1.29 is 14.3 Å². The molecule has 2 bridgehead atoms. The van der Waals surface area contributed by atoms with E-state index >= 15 is 0 Å². The molecule has 1 unspecified atom stereocenters. The van der Waals surface area contributed by atoms with Crippen LogP contribution in [0, 0.1) is 12.3 Å². The van der Waals surface area contributed by atoms with Gasteiger partial charge in [0.2, 0.25) is 11.8 Å². The molecule has 2 aliphatic heterocycles. The van der Waals surface area contributed by atoms with Crippen LogP contribution in [0.4, 0.5) is 11.5 Å². The third-order valence-corrected chi connectivity index (χ3v) is 8.00. The van der Waals surface area contributed by atoms with Crippen molar-refractivity contribution in [2.75, 3.05) is 30.7 Å². The second-order valence-corrected chi connectivity index (χ2v) is 10.9. The molecule has 2 aromatic heterocycles. The number of aryl methyl sites for hydroxylation is 1. The maximum absolute atomic E-state index is 13.5. The lowest BCUT2D eigenvalue weighted by molar-refractivity contribution is -0.138. The van der Waals surface area contributed by atoms with Gasteiger partial charge in [0, 0.05) is 66.9 Å². The van der Waals surface area contributed by atoms with E-state index in [1.54, 1.807) is 24.7 Å². The minimum Gasteiger partial charge on any atom is -0.493 e. The second kappa shape index (κ2) is 9.34. The molecule has 38 heavy (non-hydrogen) atoms. The molecule has 1 aromatic carbocycles. The van der Waals surface area contributed by atoms with E-state index in [4.69, 9.17) is 10.5 Å². The maximum Gasteiger partial charge on any atom is 0.254 e. The first-order valence-electron chi connectivity index (χ1n) is 12.8. The van der Waals surface area contributed by atoms with Crippen LogP contribution in [-0.4, -0.2) is 57.5 Å². The van der Waals surface area contributed by atoms with Gasteiger partial charge < -0.3 is 30.6 Å². The molecule has 1 aliphatic carbocycles. The highest BCUT2D eigenvalue weighted by molar-refractivity contribution is 5.99. The molecule has 0 radical (unpaired) electrons. The number of aromatic nitrogens is 2. The number of carbonyl (C=O) groups is 2. The van der Waals surface area contributed by atoms with Crippen LogP contribution < -0.4 is 26.7 Å². The van der Waals surface area contributed by atoms with E-state index in [-0.39, 0.29) is 22.8 Å². The summed E-state index contributed by atoms with van der Waals surface area (Å²) >= 11 is 0. The predicted octanol–water partition coefficient (Wildman–Crippen LogP) is 2.20. The van der Waals surface area contributed by atoms with Crippen molar-refractivity contribution in [3.63, 3.8) is 0 Å². The van der Waals surface area contributed by atoms with Crippen LogP contribution in [0.15, 0.2) is 47.4 Å². The molecule has 2 amide bonds. The molecular formula is C28H34N6O4. The van der Waals surface area contributed by atoms with E-state index in [1.165, 1.54) is 13.0 Å². The summed E-state index contributed by atoms with van der Waals surface area (Å²) in [6, 6.07) is 10.5. The van der Waals surface area contributed by atoms with Crippen LogP contribution in [0.3, 0.4) is 0 Å². The molecule has 200 valence electrons. The largest absolute Gasteiger partial charge is 0.493 e. The van der Waals surface area contributed by atoms with Gasteiger partial charge in [-0.25, -0.2) is 4.98 Å². The molecule has 0 spiro atoms. The average molecular weight is 519 g/mol. The van der Waals surface area contributed by atoms with Crippen molar-refractivity contribution in [2.24, 2.45) is 12.5 Å². The minimum absolute atomic E-state index is 0.114. The number of nitrogens with zero attached hydrogens (tertiary/aromatic N) is 3. The second-order valence-electron chi connectivity index (χ2n) is 10.9. The average Bonchev–Trinajstić information content (AvgIpc) is 3.35. The molecule has 1 atom stereocenters. The normalized spacial score (nSPS) is 22.6. The van der Waals surface area contributed by atoms with Gasteiger partial charge in [0.15, 0.2) is 0 Å². The van der Waals surface area contributed by atoms with E-state index in [9.17, 15) is 14.4 Å². The van der Waals surface area contributed by atoms with Crippen LogP contribution in [-0.2, 0) is 16.6 Å². The fraction of sp³-hybridized carbons (Fsp3) is 0.429. The molecule has 4 heterocycles.